The Labute approximate surface area is 61.5 Å². The van der Waals surface area contributed by atoms with Gasteiger partial charge in [0.2, 0.25) is 0 Å². The van der Waals surface area contributed by atoms with Crippen LogP contribution in [0.2, 0.25) is 0 Å². The minimum Gasteiger partial charge on any atom is -0.348 e. The molecule has 10 heavy (non-hydrogen) atoms. The highest BCUT2D eigenvalue weighted by molar-refractivity contribution is 4.84. The van der Waals surface area contributed by atoms with Crippen LogP contribution in [0.4, 0.5) is 0 Å². The fraction of sp³-hybridized carbons (Fsp3) is 1.00. The lowest BCUT2D eigenvalue weighted by atomic mass is 9.79. The van der Waals surface area contributed by atoms with E-state index in [1.807, 2.05) is 0 Å². The SMILES string of the molecule is CC1(C2CCC2)OCCO1. The number of rotatable bonds is 1. The minimum absolute atomic E-state index is 0.210. The van der Waals surface area contributed by atoms with Crippen LogP contribution in [0.15, 0.2) is 0 Å². The molecule has 2 aliphatic rings. The summed E-state index contributed by atoms with van der Waals surface area (Å²) in [5.74, 6) is 0.466. The summed E-state index contributed by atoms with van der Waals surface area (Å²) in [4.78, 5) is 0. The Kier molecular flexibility index (Phi) is 1.46. The number of hydrogen-bond acceptors (Lipinski definition) is 2. The summed E-state index contributed by atoms with van der Waals surface area (Å²) >= 11 is 0. The van der Waals surface area contributed by atoms with Crippen LogP contribution in [0.5, 0.6) is 0 Å². The number of ether oxygens (including phenoxy) is 2. The molecule has 2 rings (SSSR count). The second kappa shape index (κ2) is 2.21. The van der Waals surface area contributed by atoms with Gasteiger partial charge in [0.05, 0.1) is 13.2 Å². The van der Waals surface area contributed by atoms with Gasteiger partial charge in [-0.3, -0.25) is 0 Å². The zero-order chi connectivity index (χ0) is 7.03. The first kappa shape index (κ1) is 6.62. The third kappa shape index (κ3) is 0.867. The fourth-order valence-corrected chi connectivity index (χ4v) is 1.70. The molecule has 0 bridgehead atoms. The molecule has 1 saturated carbocycles. The average molecular weight is 142 g/mol. The molecule has 0 aromatic heterocycles. The van der Waals surface area contributed by atoms with E-state index < -0.39 is 0 Å². The molecule has 1 saturated heterocycles. The lowest BCUT2D eigenvalue weighted by Gasteiger charge is -2.38. The van der Waals surface area contributed by atoms with E-state index in [-0.39, 0.29) is 5.79 Å². The zero-order valence-electron chi connectivity index (χ0n) is 6.43. The molecule has 0 spiro atoms. The molecule has 2 nitrogen and oxygen atoms in total. The van der Waals surface area contributed by atoms with Gasteiger partial charge >= 0.3 is 0 Å². The Hall–Kier alpha value is -0.0800. The molecule has 2 fully saturated rings. The highest BCUT2D eigenvalue weighted by Gasteiger charge is 2.42. The lowest BCUT2D eigenvalue weighted by molar-refractivity contribution is -0.198. The zero-order valence-corrected chi connectivity index (χ0v) is 6.43. The molecule has 0 radical (unpaired) electrons. The monoisotopic (exact) mass is 142 g/mol. The lowest BCUT2D eigenvalue weighted by Crippen LogP contribution is -2.39. The molecule has 0 atom stereocenters. The summed E-state index contributed by atoms with van der Waals surface area (Å²) in [7, 11) is 0. The summed E-state index contributed by atoms with van der Waals surface area (Å²) in [6.07, 6.45) is 3.93. The van der Waals surface area contributed by atoms with E-state index in [1.54, 1.807) is 0 Å². The van der Waals surface area contributed by atoms with E-state index >= 15 is 0 Å². The van der Waals surface area contributed by atoms with Crippen LogP contribution in [-0.4, -0.2) is 19.0 Å². The molecule has 0 unspecified atom stereocenters. The van der Waals surface area contributed by atoms with Crippen molar-refractivity contribution >= 4 is 0 Å². The van der Waals surface area contributed by atoms with Gasteiger partial charge in [0.25, 0.3) is 0 Å². The third-order valence-electron chi connectivity index (χ3n) is 2.71. The van der Waals surface area contributed by atoms with Crippen molar-refractivity contribution in [3.8, 4) is 0 Å². The Morgan fingerprint density at radius 3 is 2.20 bits per heavy atom. The fourth-order valence-electron chi connectivity index (χ4n) is 1.70. The van der Waals surface area contributed by atoms with Crippen LogP contribution >= 0.6 is 0 Å². The van der Waals surface area contributed by atoms with E-state index in [2.05, 4.69) is 6.92 Å². The molecular weight excluding hydrogens is 128 g/mol. The maximum absolute atomic E-state index is 5.52. The topological polar surface area (TPSA) is 18.5 Å². The van der Waals surface area contributed by atoms with Crippen LogP contribution in [-0.2, 0) is 9.47 Å². The van der Waals surface area contributed by atoms with Crippen molar-refractivity contribution in [2.45, 2.75) is 32.0 Å². The Morgan fingerprint density at radius 2 is 1.80 bits per heavy atom. The second-order valence-electron chi connectivity index (χ2n) is 3.34. The molecule has 0 aromatic rings. The average Bonchev–Trinajstić information content (AvgIpc) is 2.09. The van der Waals surface area contributed by atoms with Crippen molar-refractivity contribution in [1.29, 1.82) is 0 Å². The maximum atomic E-state index is 5.52. The van der Waals surface area contributed by atoms with Crippen molar-refractivity contribution in [2.24, 2.45) is 5.92 Å². The molecule has 1 aliphatic carbocycles. The molecule has 1 aliphatic heterocycles. The van der Waals surface area contributed by atoms with E-state index in [9.17, 15) is 0 Å². The Bertz CT molecular complexity index is 123. The predicted octanol–water partition coefficient (Wildman–Crippen LogP) is 1.55. The first-order valence-corrected chi connectivity index (χ1v) is 4.09. The summed E-state index contributed by atoms with van der Waals surface area (Å²) < 4.78 is 11.0. The molecule has 1 heterocycles. The maximum Gasteiger partial charge on any atom is 0.168 e. The second-order valence-corrected chi connectivity index (χ2v) is 3.34. The standard InChI is InChI=1S/C8H14O2/c1-8(7-3-2-4-7)9-5-6-10-8/h7H,2-6H2,1H3. The van der Waals surface area contributed by atoms with Crippen LogP contribution in [0.25, 0.3) is 0 Å². The van der Waals surface area contributed by atoms with Gasteiger partial charge in [0.1, 0.15) is 0 Å². The van der Waals surface area contributed by atoms with Gasteiger partial charge < -0.3 is 9.47 Å². The largest absolute Gasteiger partial charge is 0.348 e. The summed E-state index contributed by atoms with van der Waals surface area (Å²) in [6.45, 7) is 3.64. The van der Waals surface area contributed by atoms with Crippen LogP contribution in [0.3, 0.4) is 0 Å². The smallest absolute Gasteiger partial charge is 0.168 e. The molecule has 58 valence electrons. The Morgan fingerprint density at radius 1 is 1.20 bits per heavy atom. The van der Waals surface area contributed by atoms with Gasteiger partial charge in [-0.1, -0.05) is 6.42 Å². The highest BCUT2D eigenvalue weighted by atomic mass is 16.7. The van der Waals surface area contributed by atoms with Crippen molar-refractivity contribution in [1.82, 2.24) is 0 Å². The van der Waals surface area contributed by atoms with E-state index in [1.165, 1.54) is 19.3 Å². The predicted molar refractivity (Wildman–Crippen MR) is 37.6 cm³/mol. The highest BCUT2D eigenvalue weighted by Crippen LogP contribution is 2.40. The first-order chi connectivity index (χ1) is 4.81. The quantitative estimate of drug-likeness (QED) is 0.553. The van der Waals surface area contributed by atoms with Crippen molar-refractivity contribution in [3.05, 3.63) is 0 Å². The van der Waals surface area contributed by atoms with Crippen LogP contribution in [0.1, 0.15) is 26.2 Å². The number of hydrogen-bond donors (Lipinski definition) is 0. The van der Waals surface area contributed by atoms with E-state index in [4.69, 9.17) is 9.47 Å². The van der Waals surface area contributed by atoms with Crippen LogP contribution < -0.4 is 0 Å². The van der Waals surface area contributed by atoms with Crippen molar-refractivity contribution in [2.75, 3.05) is 13.2 Å². The normalized spacial score (nSPS) is 32.1. The molecule has 2 heteroatoms. The van der Waals surface area contributed by atoms with Gasteiger partial charge in [-0.05, 0) is 19.8 Å². The molecule has 0 aromatic carbocycles. The van der Waals surface area contributed by atoms with Crippen LogP contribution in [0, 0.1) is 5.92 Å². The first-order valence-electron chi connectivity index (χ1n) is 4.09. The van der Waals surface area contributed by atoms with Gasteiger partial charge in [0, 0.05) is 5.92 Å². The van der Waals surface area contributed by atoms with Crippen molar-refractivity contribution in [3.63, 3.8) is 0 Å². The molecule has 0 amide bonds. The minimum atomic E-state index is -0.210. The van der Waals surface area contributed by atoms with E-state index in [0.29, 0.717) is 5.92 Å². The molecule has 0 N–H and O–H groups in total. The third-order valence-corrected chi connectivity index (χ3v) is 2.71. The van der Waals surface area contributed by atoms with Gasteiger partial charge in [0.15, 0.2) is 5.79 Å². The van der Waals surface area contributed by atoms with Crippen molar-refractivity contribution < 1.29 is 9.47 Å². The van der Waals surface area contributed by atoms with E-state index in [0.717, 1.165) is 13.2 Å². The molecular formula is C8H14O2. The summed E-state index contributed by atoms with van der Waals surface area (Å²) in [5.41, 5.74) is 0. The van der Waals surface area contributed by atoms with Gasteiger partial charge in [-0.2, -0.15) is 0 Å². The van der Waals surface area contributed by atoms with Gasteiger partial charge in [-0.15, -0.1) is 0 Å². The summed E-state index contributed by atoms with van der Waals surface area (Å²) in [6, 6.07) is 0. The van der Waals surface area contributed by atoms with Gasteiger partial charge in [-0.25, -0.2) is 0 Å². The Balaban J connectivity index is 1.98. The summed E-state index contributed by atoms with van der Waals surface area (Å²) in [5, 5.41) is 0.